The van der Waals surface area contributed by atoms with Crippen LogP contribution in [0.2, 0.25) is 0 Å². The lowest BCUT2D eigenvalue weighted by atomic mass is 10.1. The van der Waals surface area contributed by atoms with E-state index in [9.17, 15) is 0 Å². The first-order chi connectivity index (χ1) is 11.6. The predicted molar refractivity (Wildman–Crippen MR) is 101 cm³/mol. The normalized spacial score (nSPS) is 10.9. The average molecular weight is 342 g/mol. The highest BCUT2D eigenvalue weighted by atomic mass is 32.1. The van der Waals surface area contributed by atoms with Crippen LogP contribution < -0.4 is 5.32 Å². The second-order valence-corrected chi connectivity index (χ2v) is 6.50. The molecule has 4 heterocycles. The number of aromatic nitrogens is 3. The summed E-state index contributed by atoms with van der Waals surface area (Å²) in [7, 11) is 1.98. The van der Waals surface area contributed by atoms with Gasteiger partial charge in [0.15, 0.2) is 5.82 Å². The van der Waals surface area contributed by atoms with E-state index >= 15 is 0 Å². The van der Waals surface area contributed by atoms with Crippen LogP contribution in [0.3, 0.4) is 0 Å². The topological polar surface area (TPSA) is 55.9 Å². The molecule has 0 aliphatic carbocycles. The molecule has 0 aliphatic heterocycles. The maximum Gasteiger partial charge on any atom is 0.166 e. The predicted octanol–water partition coefficient (Wildman–Crippen LogP) is 5.03. The molecule has 4 aromatic rings. The van der Waals surface area contributed by atoms with E-state index in [-0.39, 0.29) is 0 Å². The van der Waals surface area contributed by atoms with Crippen molar-refractivity contribution in [2.24, 2.45) is 7.05 Å². The second-order valence-electron chi connectivity index (χ2n) is 5.50. The molecular formula is C18H22N4OS. The van der Waals surface area contributed by atoms with E-state index in [0.717, 1.165) is 32.1 Å². The van der Waals surface area contributed by atoms with E-state index in [1.807, 2.05) is 38.6 Å². The number of nitrogens with zero attached hydrogens (tertiary/aromatic N) is 3. The zero-order valence-electron chi connectivity index (χ0n) is 14.7. The van der Waals surface area contributed by atoms with Crippen LogP contribution >= 0.6 is 11.3 Å². The maximum atomic E-state index is 5.10. The highest BCUT2D eigenvalue weighted by Gasteiger charge is 2.17. The van der Waals surface area contributed by atoms with Gasteiger partial charge in [0.05, 0.1) is 22.7 Å². The number of fused-ring (bicyclic) bond motifs is 3. The average Bonchev–Trinajstić information content (AvgIpc) is 3.25. The minimum atomic E-state index is 0.697. The van der Waals surface area contributed by atoms with Crippen LogP contribution in [0.4, 0.5) is 5.82 Å². The van der Waals surface area contributed by atoms with Crippen molar-refractivity contribution < 1.29 is 4.42 Å². The molecule has 0 bridgehead atoms. The number of hydrogen-bond donors (Lipinski definition) is 1. The van der Waals surface area contributed by atoms with Gasteiger partial charge in [-0.3, -0.25) is 4.68 Å². The Morgan fingerprint density at radius 2 is 2.08 bits per heavy atom. The Kier molecular flexibility index (Phi) is 4.57. The Morgan fingerprint density at radius 1 is 1.29 bits per heavy atom. The van der Waals surface area contributed by atoms with Gasteiger partial charge in [-0.15, -0.1) is 11.3 Å². The minimum Gasteiger partial charge on any atom is -0.472 e. The molecule has 4 aromatic heterocycles. The molecule has 0 fully saturated rings. The second kappa shape index (κ2) is 6.65. The maximum absolute atomic E-state index is 5.10. The van der Waals surface area contributed by atoms with Gasteiger partial charge >= 0.3 is 0 Å². The van der Waals surface area contributed by atoms with Gasteiger partial charge in [0.2, 0.25) is 0 Å². The van der Waals surface area contributed by atoms with Crippen LogP contribution in [0.25, 0.3) is 20.4 Å². The number of anilines is 1. The molecule has 0 atom stereocenters. The van der Waals surface area contributed by atoms with Gasteiger partial charge in [0, 0.05) is 30.2 Å². The first kappa shape index (κ1) is 16.5. The van der Waals surface area contributed by atoms with Gasteiger partial charge in [0.25, 0.3) is 0 Å². The molecule has 0 saturated heterocycles. The van der Waals surface area contributed by atoms with Gasteiger partial charge in [-0.1, -0.05) is 13.8 Å². The molecule has 0 saturated carbocycles. The Hall–Kier alpha value is -2.34. The van der Waals surface area contributed by atoms with Crippen molar-refractivity contribution >= 4 is 37.6 Å². The first-order valence-corrected chi connectivity index (χ1v) is 8.93. The molecule has 24 heavy (non-hydrogen) atoms. The molecule has 0 aromatic carbocycles. The molecule has 1 N–H and O–H groups in total. The van der Waals surface area contributed by atoms with Gasteiger partial charge in [-0.2, -0.15) is 5.10 Å². The van der Waals surface area contributed by atoms with E-state index in [2.05, 4.69) is 28.4 Å². The summed E-state index contributed by atoms with van der Waals surface area (Å²) in [6, 6.07) is 4.08. The van der Waals surface area contributed by atoms with Crippen LogP contribution in [0.1, 0.15) is 30.7 Å². The lowest BCUT2D eigenvalue weighted by molar-refractivity contribution is 0.564. The molecule has 126 valence electrons. The summed E-state index contributed by atoms with van der Waals surface area (Å²) >= 11 is 1.69. The summed E-state index contributed by atoms with van der Waals surface area (Å²) in [5.41, 5.74) is 4.56. The van der Waals surface area contributed by atoms with Crippen molar-refractivity contribution in [1.29, 1.82) is 0 Å². The molecule has 4 rings (SSSR count). The number of nitrogens with one attached hydrogen (secondary N) is 1. The summed E-state index contributed by atoms with van der Waals surface area (Å²) in [4.78, 5) is 5.75. The van der Waals surface area contributed by atoms with Crippen LogP contribution in [0.5, 0.6) is 0 Å². The highest BCUT2D eigenvalue weighted by molar-refractivity contribution is 7.26. The van der Waals surface area contributed by atoms with Crippen molar-refractivity contribution in [2.45, 2.75) is 34.2 Å². The number of thiophene rings is 1. The summed E-state index contributed by atoms with van der Waals surface area (Å²) in [6.07, 6.45) is 3.42. The van der Waals surface area contributed by atoms with E-state index in [1.165, 1.54) is 10.9 Å². The minimum absolute atomic E-state index is 0.697. The molecule has 0 amide bonds. The number of hydrogen-bond acceptors (Lipinski definition) is 5. The van der Waals surface area contributed by atoms with Crippen LogP contribution in [-0.4, -0.2) is 14.8 Å². The summed E-state index contributed by atoms with van der Waals surface area (Å²) in [5, 5.41) is 9.22. The molecule has 6 heteroatoms. The molecule has 0 aliphatic rings. The fraction of sp³-hybridized carbons (Fsp3) is 0.333. The van der Waals surface area contributed by atoms with Gasteiger partial charge in [-0.05, 0) is 31.5 Å². The lowest BCUT2D eigenvalue weighted by Crippen LogP contribution is -2.00. The van der Waals surface area contributed by atoms with Crippen molar-refractivity contribution in [3.63, 3.8) is 0 Å². The SMILES string of the molecule is CC.Cc1cc(C)c2c(n1)sc1c(NCc3ccoc3)nn(C)c12. The summed E-state index contributed by atoms with van der Waals surface area (Å²) < 4.78 is 8.19. The van der Waals surface area contributed by atoms with Gasteiger partial charge in [0.1, 0.15) is 4.83 Å². The summed E-state index contributed by atoms with van der Waals surface area (Å²) in [5.74, 6) is 0.902. The fourth-order valence-electron chi connectivity index (χ4n) is 2.83. The molecule has 0 spiro atoms. The van der Waals surface area contributed by atoms with Crippen LogP contribution in [-0.2, 0) is 13.6 Å². The lowest BCUT2D eigenvalue weighted by Gasteiger charge is -2.00. The van der Waals surface area contributed by atoms with Crippen molar-refractivity contribution in [1.82, 2.24) is 14.8 Å². The first-order valence-electron chi connectivity index (χ1n) is 8.12. The van der Waals surface area contributed by atoms with E-state index in [4.69, 9.17) is 4.42 Å². The largest absolute Gasteiger partial charge is 0.472 e. The van der Waals surface area contributed by atoms with Crippen LogP contribution in [0.15, 0.2) is 29.1 Å². The third kappa shape index (κ3) is 2.78. The van der Waals surface area contributed by atoms with Crippen molar-refractivity contribution in [2.75, 3.05) is 5.32 Å². The third-order valence-electron chi connectivity index (χ3n) is 3.79. The Bertz CT molecular complexity index is 966. The number of pyridine rings is 1. The third-order valence-corrected chi connectivity index (χ3v) is 4.87. The molecular weight excluding hydrogens is 320 g/mol. The Morgan fingerprint density at radius 3 is 2.79 bits per heavy atom. The highest BCUT2D eigenvalue weighted by Crippen LogP contribution is 2.38. The number of aryl methyl sites for hydroxylation is 3. The molecule has 0 unspecified atom stereocenters. The number of furan rings is 1. The van der Waals surface area contributed by atoms with Crippen molar-refractivity contribution in [3.8, 4) is 0 Å². The zero-order chi connectivity index (χ0) is 17.3. The zero-order valence-corrected chi connectivity index (χ0v) is 15.5. The van der Waals surface area contributed by atoms with Crippen molar-refractivity contribution in [3.05, 3.63) is 41.5 Å². The van der Waals surface area contributed by atoms with Gasteiger partial charge < -0.3 is 9.73 Å². The monoisotopic (exact) mass is 342 g/mol. The Labute approximate surface area is 145 Å². The number of rotatable bonds is 3. The Balaban J connectivity index is 0.000000815. The quantitative estimate of drug-likeness (QED) is 0.567. The smallest absolute Gasteiger partial charge is 0.166 e. The fourth-order valence-corrected chi connectivity index (χ4v) is 4.12. The molecule has 0 radical (unpaired) electrons. The van der Waals surface area contributed by atoms with Gasteiger partial charge in [-0.25, -0.2) is 4.98 Å². The van der Waals surface area contributed by atoms with E-state index in [1.54, 1.807) is 23.9 Å². The van der Waals surface area contributed by atoms with Crippen LogP contribution in [0, 0.1) is 13.8 Å². The summed E-state index contributed by atoms with van der Waals surface area (Å²) in [6.45, 7) is 8.87. The van der Waals surface area contributed by atoms with E-state index < -0.39 is 0 Å². The van der Waals surface area contributed by atoms with E-state index in [0.29, 0.717) is 6.54 Å². The standard InChI is InChI=1S/C16H16N4OS.C2H6/c1-9-6-10(2)18-16-12(9)13-14(22-16)15(19-20(13)3)17-7-11-4-5-21-8-11;1-2/h4-6,8H,7H2,1-3H3,(H,17,19);1-2H3. The molecule has 5 nitrogen and oxygen atoms in total.